The molecule has 0 atom stereocenters. The monoisotopic (exact) mass is 280 g/mol. The van der Waals surface area contributed by atoms with E-state index in [0.717, 1.165) is 0 Å². The number of thiophene rings is 1. The van der Waals surface area contributed by atoms with Gasteiger partial charge in [-0.15, -0.1) is 4.98 Å². The highest BCUT2D eigenvalue weighted by atomic mass is 32.1. The number of hydrogen-bond donors (Lipinski definition) is 1. The van der Waals surface area contributed by atoms with Gasteiger partial charge in [0.2, 0.25) is 0 Å². The summed E-state index contributed by atoms with van der Waals surface area (Å²) >= 11 is 1.46. The Morgan fingerprint density at radius 3 is 2.47 bits per heavy atom. The lowest BCUT2D eigenvalue weighted by Crippen LogP contribution is -2.23. The minimum Gasteiger partial charge on any atom is -0.467 e. The lowest BCUT2D eigenvalue weighted by molar-refractivity contribution is 0.0950. The van der Waals surface area contributed by atoms with Gasteiger partial charge in [-0.05, 0) is 11.4 Å². The van der Waals surface area contributed by atoms with Gasteiger partial charge in [0.25, 0.3) is 5.91 Å². The molecule has 1 amide bonds. The van der Waals surface area contributed by atoms with Crippen LogP contribution in [0.1, 0.15) is 16.2 Å². The minimum absolute atomic E-state index is 0.145. The molecule has 0 radical (unpaired) electrons. The van der Waals surface area contributed by atoms with Crippen molar-refractivity contribution < 1.29 is 14.3 Å². The number of rotatable bonds is 5. The predicted octanol–water partition coefficient (Wildman–Crippen LogP) is 0.880. The van der Waals surface area contributed by atoms with Crippen molar-refractivity contribution in [3.05, 3.63) is 28.2 Å². The summed E-state index contributed by atoms with van der Waals surface area (Å²) in [6.07, 6.45) is 0. The fraction of sp³-hybridized carbons (Fsp3) is 0.273. The highest BCUT2D eigenvalue weighted by Crippen LogP contribution is 2.09. The second-order valence-corrected chi connectivity index (χ2v) is 4.20. The van der Waals surface area contributed by atoms with E-state index in [1.807, 2.05) is 5.38 Å². The SMILES string of the molecule is COc1nc(CNC(=O)c2ccsc2)nc(OC)n1. The molecule has 100 valence electrons. The Morgan fingerprint density at radius 1 is 1.26 bits per heavy atom. The zero-order valence-electron chi connectivity index (χ0n) is 10.4. The van der Waals surface area contributed by atoms with Crippen molar-refractivity contribution in [3.8, 4) is 12.0 Å². The summed E-state index contributed by atoms with van der Waals surface area (Å²) in [5, 5.41) is 6.31. The van der Waals surface area contributed by atoms with Crippen molar-refractivity contribution in [1.82, 2.24) is 20.3 Å². The van der Waals surface area contributed by atoms with Crippen LogP contribution in [0, 0.1) is 0 Å². The zero-order valence-corrected chi connectivity index (χ0v) is 11.2. The van der Waals surface area contributed by atoms with Crippen LogP contribution in [0.5, 0.6) is 12.0 Å². The molecule has 0 aromatic carbocycles. The highest BCUT2D eigenvalue weighted by Gasteiger charge is 2.10. The molecule has 0 bridgehead atoms. The largest absolute Gasteiger partial charge is 0.467 e. The molecule has 19 heavy (non-hydrogen) atoms. The fourth-order valence-corrected chi connectivity index (χ4v) is 1.93. The Bertz CT molecular complexity index is 537. The molecule has 1 N–H and O–H groups in total. The molecule has 8 heteroatoms. The van der Waals surface area contributed by atoms with Crippen molar-refractivity contribution in [1.29, 1.82) is 0 Å². The van der Waals surface area contributed by atoms with Crippen molar-refractivity contribution in [2.75, 3.05) is 14.2 Å². The van der Waals surface area contributed by atoms with Crippen LogP contribution in [0.4, 0.5) is 0 Å². The smallest absolute Gasteiger partial charge is 0.322 e. The molecule has 2 aromatic heterocycles. The summed E-state index contributed by atoms with van der Waals surface area (Å²) in [4.78, 5) is 23.7. The van der Waals surface area contributed by atoms with Gasteiger partial charge in [-0.1, -0.05) is 0 Å². The van der Waals surface area contributed by atoms with Gasteiger partial charge in [0, 0.05) is 10.9 Å². The summed E-state index contributed by atoms with van der Waals surface area (Å²) in [6, 6.07) is 2.03. The first-order valence-corrected chi connectivity index (χ1v) is 6.30. The number of methoxy groups -OCH3 is 2. The third-order valence-electron chi connectivity index (χ3n) is 2.20. The summed E-state index contributed by atoms with van der Waals surface area (Å²) in [5.74, 6) is 0.187. The molecular formula is C11H12N4O3S. The van der Waals surface area contributed by atoms with Crippen LogP contribution in [0.25, 0.3) is 0 Å². The third kappa shape index (κ3) is 3.38. The van der Waals surface area contributed by atoms with Crippen molar-refractivity contribution in [3.63, 3.8) is 0 Å². The lowest BCUT2D eigenvalue weighted by atomic mass is 10.3. The van der Waals surface area contributed by atoms with E-state index in [0.29, 0.717) is 11.4 Å². The molecule has 0 unspecified atom stereocenters. The summed E-state index contributed by atoms with van der Waals surface area (Å²) in [7, 11) is 2.89. The fourth-order valence-electron chi connectivity index (χ4n) is 1.29. The number of amides is 1. The van der Waals surface area contributed by atoms with Gasteiger partial charge >= 0.3 is 12.0 Å². The molecule has 0 saturated heterocycles. The van der Waals surface area contributed by atoms with E-state index in [-0.39, 0.29) is 24.5 Å². The Labute approximate surface area is 113 Å². The number of carbonyl (C=O) groups is 1. The van der Waals surface area contributed by atoms with Gasteiger partial charge in [-0.2, -0.15) is 21.3 Å². The summed E-state index contributed by atoms with van der Waals surface area (Å²) < 4.78 is 9.85. The van der Waals surface area contributed by atoms with Crippen LogP contribution in [0.2, 0.25) is 0 Å². The lowest BCUT2D eigenvalue weighted by Gasteiger charge is -2.06. The number of ether oxygens (including phenoxy) is 2. The number of nitrogens with zero attached hydrogens (tertiary/aromatic N) is 3. The molecule has 7 nitrogen and oxygen atoms in total. The van der Waals surface area contributed by atoms with Crippen molar-refractivity contribution in [2.24, 2.45) is 0 Å². The number of nitrogens with one attached hydrogen (secondary N) is 1. The van der Waals surface area contributed by atoms with E-state index in [1.165, 1.54) is 25.6 Å². The van der Waals surface area contributed by atoms with E-state index < -0.39 is 0 Å². The van der Waals surface area contributed by atoms with Crippen LogP contribution in [-0.4, -0.2) is 35.1 Å². The van der Waals surface area contributed by atoms with Gasteiger partial charge in [0.15, 0.2) is 5.82 Å². The topological polar surface area (TPSA) is 86.2 Å². The standard InChI is InChI=1S/C11H12N4O3S/c1-17-10-13-8(14-11(15-10)18-2)5-12-9(16)7-3-4-19-6-7/h3-4,6H,5H2,1-2H3,(H,12,16). The van der Waals surface area contributed by atoms with Crippen molar-refractivity contribution in [2.45, 2.75) is 6.54 Å². The summed E-state index contributed by atoms with van der Waals surface area (Å²) in [5.41, 5.74) is 0.609. The predicted molar refractivity (Wildman–Crippen MR) is 68.4 cm³/mol. The van der Waals surface area contributed by atoms with Crippen LogP contribution < -0.4 is 14.8 Å². The Morgan fingerprint density at radius 2 is 1.95 bits per heavy atom. The molecule has 0 spiro atoms. The molecule has 0 fully saturated rings. The Balaban J connectivity index is 2.04. The Kier molecular flexibility index (Phi) is 4.24. The van der Waals surface area contributed by atoms with E-state index in [9.17, 15) is 4.79 Å². The van der Waals surface area contributed by atoms with Crippen LogP contribution in [0.15, 0.2) is 16.8 Å². The average Bonchev–Trinajstić information content (AvgIpc) is 2.98. The first kappa shape index (κ1) is 13.2. The van der Waals surface area contributed by atoms with Gasteiger partial charge < -0.3 is 14.8 Å². The molecule has 2 heterocycles. The highest BCUT2D eigenvalue weighted by molar-refractivity contribution is 7.08. The maximum absolute atomic E-state index is 11.7. The zero-order chi connectivity index (χ0) is 13.7. The second-order valence-electron chi connectivity index (χ2n) is 3.42. The number of carbonyl (C=O) groups excluding carboxylic acids is 1. The number of aromatic nitrogens is 3. The average molecular weight is 280 g/mol. The molecule has 2 rings (SSSR count). The van der Waals surface area contributed by atoms with E-state index in [1.54, 1.807) is 11.4 Å². The first-order chi connectivity index (χ1) is 9.22. The van der Waals surface area contributed by atoms with Crippen LogP contribution >= 0.6 is 11.3 Å². The molecule has 2 aromatic rings. The maximum Gasteiger partial charge on any atom is 0.322 e. The van der Waals surface area contributed by atoms with Crippen LogP contribution in [0.3, 0.4) is 0 Å². The molecule has 0 aliphatic rings. The first-order valence-electron chi connectivity index (χ1n) is 5.36. The van der Waals surface area contributed by atoms with E-state index in [4.69, 9.17) is 9.47 Å². The van der Waals surface area contributed by atoms with Crippen molar-refractivity contribution >= 4 is 17.2 Å². The quantitative estimate of drug-likeness (QED) is 0.875. The third-order valence-corrected chi connectivity index (χ3v) is 2.88. The van der Waals surface area contributed by atoms with E-state index >= 15 is 0 Å². The van der Waals surface area contributed by atoms with Crippen LogP contribution in [-0.2, 0) is 6.54 Å². The normalized spacial score (nSPS) is 10.0. The molecule has 0 aliphatic carbocycles. The summed E-state index contributed by atoms with van der Waals surface area (Å²) in [6.45, 7) is 0.171. The minimum atomic E-state index is -0.181. The van der Waals surface area contributed by atoms with Gasteiger partial charge in [0.05, 0.1) is 20.8 Å². The molecule has 0 aliphatic heterocycles. The van der Waals surface area contributed by atoms with Gasteiger partial charge in [0.1, 0.15) is 0 Å². The molecular weight excluding hydrogens is 268 g/mol. The van der Waals surface area contributed by atoms with E-state index in [2.05, 4.69) is 20.3 Å². The number of hydrogen-bond acceptors (Lipinski definition) is 7. The van der Waals surface area contributed by atoms with Gasteiger partial charge in [-0.25, -0.2) is 0 Å². The second kappa shape index (κ2) is 6.10. The molecule has 0 saturated carbocycles. The maximum atomic E-state index is 11.7. The Hall–Kier alpha value is -2.22. The van der Waals surface area contributed by atoms with Gasteiger partial charge in [-0.3, -0.25) is 4.79 Å².